The van der Waals surface area contributed by atoms with Crippen LogP contribution in [0.2, 0.25) is 0 Å². The van der Waals surface area contributed by atoms with E-state index in [1.807, 2.05) is 80.6 Å². The van der Waals surface area contributed by atoms with Gasteiger partial charge in [0.2, 0.25) is 5.91 Å². The van der Waals surface area contributed by atoms with Crippen molar-refractivity contribution in [3.8, 4) is 5.75 Å². The molecule has 0 aromatic heterocycles. The molecular formula is C22H22N2O2S. The lowest BCUT2D eigenvalue weighted by molar-refractivity contribution is -0.119. The molecule has 0 aliphatic carbocycles. The summed E-state index contributed by atoms with van der Waals surface area (Å²) < 4.78 is 5.76. The first-order chi connectivity index (χ1) is 13.0. The Morgan fingerprint density at radius 1 is 1.00 bits per heavy atom. The van der Waals surface area contributed by atoms with Crippen LogP contribution in [0, 0.1) is 0 Å². The Morgan fingerprint density at radius 2 is 1.70 bits per heavy atom. The molecule has 3 aromatic rings. The Labute approximate surface area is 164 Å². The van der Waals surface area contributed by atoms with Crippen LogP contribution in [0.25, 0.3) is 10.8 Å². The molecule has 0 fully saturated rings. The largest absolute Gasteiger partial charge is 0.489 e. The number of nitrogens with one attached hydrogen (secondary N) is 2. The van der Waals surface area contributed by atoms with Gasteiger partial charge in [-0.2, -0.15) is 0 Å². The highest BCUT2D eigenvalue weighted by Gasteiger charge is 2.11. The van der Waals surface area contributed by atoms with Gasteiger partial charge in [-0.15, -0.1) is 0 Å². The summed E-state index contributed by atoms with van der Waals surface area (Å²) in [7, 11) is 0. The lowest BCUT2D eigenvalue weighted by atomic mass is 10.0. The molecule has 2 N–H and O–H groups in total. The predicted molar refractivity (Wildman–Crippen MR) is 114 cm³/mol. The van der Waals surface area contributed by atoms with Crippen molar-refractivity contribution >= 4 is 39.7 Å². The van der Waals surface area contributed by atoms with Crippen molar-refractivity contribution in [3.05, 3.63) is 72.3 Å². The summed E-state index contributed by atoms with van der Waals surface area (Å²) in [4.78, 5) is 12.4. The first-order valence-electron chi connectivity index (χ1n) is 8.86. The maximum atomic E-state index is 12.4. The van der Waals surface area contributed by atoms with E-state index in [0.717, 1.165) is 22.0 Å². The van der Waals surface area contributed by atoms with E-state index in [2.05, 4.69) is 10.6 Å². The van der Waals surface area contributed by atoms with Gasteiger partial charge in [-0.05, 0) is 54.5 Å². The highest BCUT2D eigenvalue weighted by atomic mass is 32.1. The molecule has 0 unspecified atom stereocenters. The third kappa shape index (κ3) is 5.05. The van der Waals surface area contributed by atoms with Crippen molar-refractivity contribution in [1.82, 2.24) is 5.32 Å². The van der Waals surface area contributed by atoms with Gasteiger partial charge in [-0.25, -0.2) is 0 Å². The van der Waals surface area contributed by atoms with E-state index in [1.54, 1.807) is 0 Å². The van der Waals surface area contributed by atoms with Crippen LogP contribution in [-0.2, 0) is 11.2 Å². The molecule has 0 atom stereocenters. The van der Waals surface area contributed by atoms with Gasteiger partial charge in [0.15, 0.2) is 5.11 Å². The zero-order valence-electron chi connectivity index (χ0n) is 15.4. The van der Waals surface area contributed by atoms with E-state index in [9.17, 15) is 4.79 Å². The number of rotatable bonds is 5. The number of para-hydroxylation sites is 2. The quantitative estimate of drug-likeness (QED) is 0.633. The number of hydrogen-bond acceptors (Lipinski definition) is 3. The normalized spacial score (nSPS) is 10.6. The summed E-state index contributed by atoms with van der Waals surface area (Å²) in [5.74, 6) is 0.532. The first kappa shape index (κ1) is 18.9. The molecule has 138 valence electrons. The topological polar surface area (TPSA) is 50.4 Å². The van der Waals surface area contributed by atoms with Crippen LogP contribution in [0.15, 0.2) is 66.7 Å². The maximum Gasteiger partial charge on any atom is 0.230 e. The highest BCUT2D eigenvalue weighted by Crippen LogP contribution is 2.24. The fourth-order valence-electron chi connectivity index (χ4n) is 2.87. The van der Waals surface area contributed by atoms with Crippen LogP contribution in [0.4, 0.5) is 5.69 Å². The molecule has 0 aliphatic heterocycles. The molecule has 3 rings (SSSR count). The molecule has 3 aromatic carbocycles. The molecule has 27 heavy (non-hydrogen) atoms. The van der Waals surface area contributed by atoms with Crippen LogP contribution in [0.5, 0.6) is 5.75 Å². The zero-order valence-corrected chi connectivity index (χ0v) is 16.2. The van der Waals surface area contributed by atoms with E-state index >= 15 is 0 Å². The molecule has 0 radical (unpaired) electrons. The number of fused-ring (bicyclic) bond motifs is 1. The molecule has 0 spiro atoms. The van der Waals surface area contributed by atoms with Crippen molar-refractivity contribution in [2.45, 2.75) is 26.4 Å². The first-order valence-corrected chi connectivity index (χ1v) is 9.27. The fraction of sp³-hybridized carbons (Fsp3) is 0.182. The molecule has 0 bridgehead atoms. The van der Waals surface area contributed by atoms with E-state index in [1.165, 1.54) is 0 Å². The zero-order chi connectivity index (χ0) is 19.2. The Balaban J connectivity index is 1.65. The second-order valence-electron chi connectivity index (χ2n) is 6.48. The minimum atomic E-state index is -0.161. The monoisotopic (exact) mass is 378 g/mol. The fourth-order valence-corrected chi connectivity index (χ4v) is 3.09. The van der Waals surface area contributed by atoms with E-state index in [0.29, 0.717) is 5.75 Å². The molecule has 0 saturated heterocycles. The van der Waals surface area contributed by atoms with Gasteiger partial charge in [-0.1, -0.05) is 54.6 Å². The Morgan fingerprint density at radius 3 is 2.52 bits per heavy atom. The standard InChI is InChI=1S/C22H22N2O2S/c1-15(2)26-20-13-6-5-12-19(20)23-22(27)24-21(25)14-17-10-7-9-16-8-3-4-11-18(16)17/h3-13,15H,14H2,1-2H3,(H2,23,24,25,27). The minimum Gasteiger partial charge on any atom is -0.489 e. The number of anilines is 1. The maximum absolute atomic E-state index is 12.4. The summed E-state index contributed by atoms with van der Waals surface area (Å²) >= 11 is 5.30. The van der Waals surface area contributed by atoms with Crippen LogP contribution in [0.1, 0.15) is 19.4 Å². The Bertz CT molecular complexity index is 964. The Hall–Kier alpha value is -2.92. The Kier molecular flexibility index (Phi) is 6.04. The highest BCUT2D eigenvalue weighted by molar-refractivity contribution is 7.80. The SMILES string of the molecule is CC(C)Oc1ccccc1NC(=S)NC(=O)Cc1cccc2ccccc12. The lowest BCUT2D eigenvalue weighted by Crippen LogP contribution is -2.35. The van der Waals surface area contributed by atoms with Crippen LogP contribution in [0.3, 0.4) is 0 Å². The summed E-state index contributed by atoms with van der Waals surface area (Å²) in [6.07, 6.45) is 0.301. The molecule has 0 aliphatic rings. The van der Waals surface area contributed by atoms with Crippen molar-refractivity contribution in [2.75, 3.05) is 5.32 Å². The summed E-state index contributed by atoms with van der Waals surface area (Å²) in [5.41, 5.74) is 1.69. The number of benzene rings is 3. The van der Waals surface area contributed by atoms with Crippen molar-refractivity contribution in [1.29, 1.82) is 0 Å². The molecule has 0 saturated carbocycles. The number of carbonyl (C=O) groups excluding carboxylic acids is 1. The van der Waals surface area contributed by atoms with Gasteiger partial charge in [0.1, 0.15) is 5.75 Å². The summed E-state index contributed by atoms with van der Waals surface area (Å²) in [6, 6.07) is 21.5. The molecule has 5 heteroatoms. The van der Waals surface area contributed by atoms with Crippen LogP contribution < -0.4 is 15.4 Å². The number of carbonyl (C=O) groups is 1. The van der Waals surface area contributed by atoms with Gasteiger partial charge in [-0.3, -0.25) is 4.79 Å². The van der Waals surface area contributed by atoms with Crippen molar-refractivity contribution in [2.24, 2.45) is 0 Å². The van der Waals surface area contributed by atoms with Crippen LogP contribution >= 0.6 is 12.2 Å². The van der Waals surface area contributed by atoms with Gasteiger partial charge in [0.05, 0.1) is 18.2 Å². The second-order valence-corrected chi connectivity index (χ2v) is 6.89. The van der Waals surface area contributed by atoms with Gasteiger partial charge in [0, 0.05) is 0 Å². The predicted octanol–water partition coefficient (Wildman–Crippen LogP) is 4.68. The molecular weight excluding hydrogens is 356 g/mol. The van der Waals surface area contributed by atoms with Gasteiger partial charge in [0.25, 0.3) is 0 Å². The molecule has 4 nitrogen and oxygen atoms in total. The van der Waals surface area contributed by atoms with Gasteiger partial charge < -0.3 is 15.4 Å². The average Bonchev–Trinajstić information content (AvgIpc) is 2.63. The number of thiocarbonyl (C=S) groups is 1. The third-order valence-electron chi connectivity index (χ3n) is 3.98. The number of amides is 1. The third-order valence-corrected chi connectivity index (χ3v) is 4.19. The lowest BCUT2D eigenvalue weighted by Gasteiger charge is -2.16. The molecule has 0 heterocycles. The minimum absolute atomic E-state index is 0.0440. The summed E-state index contributed by atoms with van der Waals surface area (Å²) in [5, 5.41) is 8.23. The van der Waals surface area contributed by atoms with E-state index < -0.39 is 0 Å². The van der Waals surface area contributed by atoms with Crippen molar-refractivity contribution < 1.29 is 9.53 Å². The number of ether oxygens (including phenoxy) is 1. The van der Waals surface area contributed by atoms with E-state index in [-0.39, 0.29) is 23.5 Å². The average molecular weight is 378 g/mol. The second kappa shape index (κ2) is 8.64. The molecule has 1 amide bonds. The number of hydrogen-bond donors (Lipinski definition) is 2. The van der Waals surface area contributed by atoms with Crippen molar-refractivity contribution in [3.63, 3.8) is 0 Å². The smallest absolute Gasteiger partial charge is 0.230 e. The summed E-state index contributed by atoms with van der Waals surface area (Å²) in [6.45, 7) is 3.92. The van der Waals surface area contributed by atoms with E-state index in [4.69, 9.17) is 17.0 Å². The van der Waals surface area contributed by atoms with Gasteiger partial charge >= 0.3 is 0 Å². The van der Waals surface area contributed by atoms with Crippen LogP contribution in [-0.4, -0.2) is 17.1 Å².